The van der Waals surface area contributed by atoms with Crippen LogP contribution in [-0.2, 0) is 11.3 Å². The summed E-state index contributed by atoms with van der Waals surface area (Å²) in [7, 11) is 0. The molecule has 3 heterocycles. The van der Waals surface area contributed by atoms with E-state index in [1.807, 2.05) is 36.6 Å². The number of carbonyl (C=O) groups is 1. The Hall–Kier alpha value is -1.84. The molecule has 9 heteroatoms. The second kappa shape index (κ2) is 8.32. The van der Waals surface area contributed by atoms with E-state index in [9.17, 15) is 4.79 Å². The lowest BCUT2D eigenvalue weighted by atomic mass is 10.3. The highest BCUT2D eigenvalue weighted by Crippen LogP contribution is 2.26. The van der Waals surface area contributed by atoms with Gasteiger partial charge in [0.15, 0.2) is 4.34 Å². The third kappa shape index (κ3) is 4.83. The highest BCUT2D eigenvalue weighted by atomic mass is 32.2. The maximum atomic E-state index is 12.0. The van der Waals surface area contributed by atoms with Gasteiger partial charge in [-0.2, -0.15) is 0 Å². The Morgan fingerprint density at radius 2 is 2.29 bits per heavy atom. The molecule has 6 nitrogen and oxygen atoms in total. The molecule has 0 saturated heterocycles. The molecule has 1 atom stereocenters. The van der Waals surface area contributed by atoms with Gasteiger partial charge in [-0.15, -0.1) is 21.5 Å². The van der Waals surface area contributed by atoms with Crippen molar-refractivity contribution >= 4 is 45.5 Å². The van der Waals surface area contributed by atoms with Gasteiger partial charge in [-0.1, -0.05) is 29.2 Å². The number of aromatic nitrogens is 2. The molecule has 2 N–H and O–H groups in total. The van der Waals surface area contributed by atoms with Gasteiger partial charge >= 0.3 is 0 Å². The second-order valence-electron chi connectivity index (χ2n) is 4.90. The first-order valence-electron chi connectivity index (χ1n) is 7.26. The van der Waals surface area contributed by atoms with Crippen molar-refractivity contribution in [1.82, 2.24) is 15.5 Å². The summed E-state index contributed by atoms with van der Waals surface area (Å²) in [6, 6.07) is 7.76. The van der Waals surface area contributed by atoms with Gasteiger partial charge in [0.2, 0.25) is 11.0 Å². The highest BCUT2D eigenvalue weighted by Gasteiger charge is 2.12. The van der Waals surface area contributed by atoms with E-state index in [4.69, 9.17) is 4.42 Å². The maximum absolute atomic E-state index is 12.0. The zero-order chi connectivity index (χ0) is 16.8. The molecule has 1 amide bonds. The summed E-state index contributed by atoms with van der Waals surface area (Å²) in [6.45, 7) is 2.54. The van der Waals surface area contributed by atoms with Crippen molar-refractivity contribution in [2.24, 2.45) is 0 Å². The van der Waals surface area contributed by atoms with E-state index in [-0.39, 0.29) is 11.9 Å². The summed E-state index contributed by atoms with van der Waals surface area (Å²) in [5.41, 5.74) is 0. The number of hydrogen-bond donors (Lipinski definition) is 2. The van der Waals surface area contributed by atoms with Crippen LogP contribution in [0.25, 0.3) is 0 Å². The molecule has 3 rings (SSSR count). The van der Waals surface area contributed by atoms with Gasteiger partial charge in [0.25, 0.3) is 0 Å². The van der Waals surface area contributed by atoms with Gasteiger partial charge in [-0.25, -0.2) is 0 Å². The van der Waals surface area contributed by atoms with Crippen LogP contribution in [0.5, 0.6) is 0 Å². The summed E-state index contributed by atoms with van der Waals surface area (Å²) in [6.07, 6.45) is 1.63. The second-order valence-corrected chi connectivity index (χ2v) is 8.08. The minimum atomic E-state index is -0.0128. The first-order valence-corrected chi connectivity index (χ1v) is 9.94. The lowest BCUT2D eigenvalue weighted by Gasteiger charge is -2.11. The summed E-state index contributed by atoms with van der Waals surface area (Å²) in [4.78, 5) is 13.2. The number of thioether (sulfide) groups is 1. The zero-order valence-corrected chi connectivity index (χ0v) is 15.3. The first kappa shape index (κ1) is 17.0. The van der Waals surface area contributed by atoms with Crippen molar-refractivity contribution in [2.75, 3.05) is 11.1 Å². The Morgan fingerprint density at radius 1 is 1.38 bits per heavy atom. The first-order chi connectivity index (χ1) is 11.7. The molecular weight excluding hydrogens is 364 g/mol. The summed E-state index contributed by atoms with van der Waals surface area (Å²) in [5, 5.41) is 17.0. The predicted octanol–water partition coefficient (Wildman–Crippen LogP) is 3.77. The van der Waals surface area contributed by atoms with E-state index in [2.05, 4.69) is 20.8 Å². The number of thiophene rings is 1. The lowest BCUT2D eigenvalue weighted by molar-refractivity contribution is -0.119. The van der Waals surface area contributed by atoms with Crippen LogP contribution >= 0.6 is 34.4 Å². The third-order valence-corrected chi connectivity index (χ3v) is 6.14. The zero-order valence-electron chi connectivity index (χ0n) is 12.9. The van der Waals surface area contributed by atoms with Crippen LogP contribution in [0.2, 0.25) is 0 Å². The average molecular weight is 381 g/mol. The predicted molar refractivity (Wildman–Crippen MR) is 97.5 cm³/mol. The molecular formula is C15H16N4O2S3. The Morgan fingerprint density at radius 3 is 3.04 bits per heavy atom. The Labute approximate surface area is 151 Å². The molecule has 0 aliphatic carbocycles. The SMILES string of the molecule is CC(NC(=O)CSc1nnc(NCc2ccco2)s1)c1cccs1. The minimum Gasteiger partial charge on any atom is -0.467 e. The number of nitrogens with one attached hydrogen (secondary N) is 2. The monoisotopic (exact) mass is 380 g/mol. The summed E-state index contributed by atoms with van der Waals surface area (Å²) in [5.74, 6) is 1.14. The molecule has 24 heavy (non-hydrogen) atoms. The molecule has 0 radical (unpaired) electrons. The van der Waals surface area contributed by atoms with E-state index in [1.165, 1.54) is 23.1 Å². The molecule has 0 fully saturated rings. The molecule has 0 saturated carbocycles. The van der Waals surface area contributed by atoms with Crippen molar-refractivity contribution < 1.29 is 9.21 Å². The normalized spacial score (nSPS) is 12.0. The number of carbonyl (C=O) groups excluding carboxylic acids is 1. The van der Waals surface area contributed by atoms with Gasteiger partial charge in [0, 0.05) is 4.88 Å². The summed E-state index contributed by atoms with van der Waals surface area (Å²) >= 11 is 4.45. The molecule has 0 aromatic carbocycles. The summed E-state index contributed by atoms with van der Waals surface area (Å²) < 4.78 is 6.01. The number of anilines is 1. The van der Waals surface area contributed by atoms with E-state index in [0.717, 1.165) is 15.0 Å². The number of rotatable bonds is 8. The topological polar surface area (TPSA) is 80.0 Å². The van der Waals surface area contributed by atoms with Crippen LogP contribution in [0.1, 0.15) is 23.6 Å². The number of nitrogens with zero attached hydrogens (tertiary/aromatic N) is 2. The lowest BCUT2D eigenvalue weighted by Crippen LogP contribution is -2.27. The smallest absolute Gasteiger partial charge is 0.230 e. The molecule has 0 bridgehead atoms. The van der Waals surface area contributed by atoms with Gasteiger partial charge in [-0.05, 0) is 30.5 Å². The van der Waals surface area contributed by atoms with E-state index in [1.54, 1.807) is 17.6 Å². The fraction of sp³-hybridized carbons (Fsp3) is 0.267. The average Bonchev–Trinajstić information content (AvgIpc) is 3.33. The fourth-order valence-corrected chi connectivity index (χ4v) is 4.23. The van der Waals surface area contributed by atoms with Gasteiger partial charge < -0.3 is 15.1 Å². The van der Waals surface area contributed by atoms with Crippen molar-refractivity contribution in [2.45, 2.75) is 23.8 Å². The van der Waals surface area contributed by atoms with Crippen LogP contribution in [0.4, 0.5) is 5.13 Å². The van der Waals surface area contributed by atoms with Gasteiger partial charge in [-0.3, -0.25) is 4.79 Å². The van der Waals surface area contributed by atoms with Crippen LogP contribution in [-0.4, -0.2) is 21.9 Å². The van der Waals surface area contributed by atoms with Crippen molar-refractivity contribution in [3.05, 3.63) is 46.5 Å². The van der Waals surface area contributed by atoms with Crippen LogP contribution in [0, 0.1) is 0 Å². The van der Waals surface area contributed by atoms with E-state index in [0.29, 0.717) is 17.4 Å². The van der Waals surface area contributed by atoms with E-state index < -0.39 is 0 Å². The van der Waals surface area contributed by atoms with Crippen LogP contribution in [0.3, 0.4) is 0 Å². The highest BCUT2D eigenvalue weighted by molar-refractivity contribution is 8.01. The molecule has 0 aliphatic heterocycles. The van der Waals surface area contributed by atoms with Crippen molar-refractivity contribution in [3.63, 3.8) is 0 Å². The van der Waals surface area contributed by atoms with E-state index >= 15 is 0 Å². The fourth-order valence-electron chi connectivity index (χ4n) is 1.93. The van der Waals surface area contributed by atoms with Crippen molar-refractivity contribution in [1.29, 1.82) is 0 Å². The molecule has 0 aliphatic rings. The molecule has 0 spiro atoms. The molecule has 126 valence electrons. The van der Waals surface area contributed by atoms with Crippen LogP contribution < -0.4 is 10.6 Å². The Balaban J connectivity index is 1.42. The number of furan rings is 1. The number of hydrogen-bond acceptors (Lipinski definition) is 8. The standard InChI is InChI=1S/C15H16N4O2S3/c1-10(12-5-3-7-22-12)17-13(20)9-23-15-19-18-14(24-15)16-8-11-4-2-6-21-11/h2-7,10H,8-9H2,1H3,(H,16,18)(H,17,20). The van der Waals surface area contributed by atoms with Crippen LogP contribution in [0.15, 0.2) is 44.7 Å². The largest absolute Gasteiger partial charge is 0.467 e. The van der Waals surface area contributed by atoms with Crippen molar-refractivity contribution in [3.8, 4) is 0 Å². The Kier molecular flexibility index (Phi) is 5.89. The van der Waals surface area contributed by atoms with Gasteiger partial charge in [0.05, 0.1) is 24.6 Å². The number of amides is 1. The minimum absolute atomic E-state index is 0.0128. The quantitative estimate of drug-likeness (QED) is 0.579. The molecule has 1 unspecified atom stereocenters. The maximum Gasteiger partial charge on any atom is 0.230 e. The molecule has 3 aromatic rings. The third-order valence-electron chi connectivity index (χ3n) is 3.07. The Bertz CT molecular complexity index is 756. The molecule has 3 aromatic heterocycles. The van der Waals surface area contributed by atoms with Gasteiger partial charge in [0.1, 0.15) is 5.76 Å².